The Morgan fingerprint density at radius 1 is 1.32 bits per heavy atom. The molecule has 0 aliphatic carbocycles. The third-order valence-electron chi connectivity index (χ3n) is 2.99. The topological polar surface area (TPSA) is 84.9 Å². The first-order valence-electron chi connectivity index (χ1n) is 7.19. The first-order chi connectivity index (χ1) is 10.3. The molecule has 6 nitrogen and oxygen atoms in total. The molecule has 0 saturated heterocycles. The standard InChI is InChI=1S/C15H25NO5S/c1-11(2)21-15-6-5-14(9-12(15)3)22(18,19)16-13(7-8-17)10-20-4/h5-6,9,11,13,16-17H,7-8,10H2,1-4H3. The van der Waals surface area contributed by atoms with E-state index in [1.807, 2.05) is 13.8 Å². The van der Waals surface area contributed by atoms with Crippen LogP contribution >= 0.6 is 0 Å². The van der Waals surface area contributed by atoms with Crippen LogP contribution in [0.15, 0.2) is 23.1 Å². The molecular weight excluding hydrogens is 306 g/mol. The number of nitrogens with one attached hydrogen (secondary N) is 1. The minimum Gasteiger partial charge on any atom is -0.491 e. The molecule has 0 aliphatic rings. The van der Waals surface area contributed by atoms with Crippen LogP contribution in [0.25, 0.3) is 0 Å². The van der Waals surface area contributed by atoms with E-state index in [0.29, 0.717) is 12.2 Å². The maximum absolute atomic E-state index is 12.4. The predicted octanol–water partition coefficient (Wildman–Crippen LogP) is 1.46. The molecule has 7 heteroatoms. The van der Waals surface area contributed by atoms with Crippen molar-refractivity contribution in [2.45, 2.75) is 44.2 Å². The summed E-state index contributed by atoms with van der Waals surface area (Å²) in [6.45, 7) is 5.72. The minimum absolute atomic E-state index is 0.0231. The van der Waals surface area contributed by atoms with Crippen LogP contribution in [0.3, 0.4) is 0 Å². The van der Waals surface area contributed by atoms with Crippen molar-refractivity contribution in [2.24, 2.45) is 0 Å². The van der Waals surface area contributed by atoms with Crippen molar-refractivity contribution in [3.05, 3.63) is 23.8 Å². The van der Waals surface area contributed by atoms with Gasteiger partial charge in [-0.15, -0.1) is 0 Å². The second-order valence-electron chi connectivity index (χ2n) is 5.38. The van der Waals surface area contributed by atoms with E-state index >= 15 is 0 Å². The van der Waals surface area contributed by atoms with Crippen molar-refractivity contribution < 1.29 is 23.0 Å². The molecule has 0 aromatic heterocycles. The molecule has 126 valence electrons. The number of aliphatic hydroxyl groups is 1. The van der Waals surface area contributed by atoms with Crippen LogP contribution in [-0.2, 0) is 14.8 Å². The molecular formula is C15H25NO5S. The van der Waals surface area contributed by atoms with Crippen molar-refractivity contribution in [1.29, 1.82) is 0 Å². The molecule has 0 spiro atoms. The number of aliphatic hydroxyl groups excluding tert-OH is 1. The summed E-state index contributed by atoms with van der Waals surface area (Å²) in [4.78, 5) is 0.167. The molecule has 1 unspecified atom stereocenters. The summed E-state index contributed by atoms with van der Waals surface area (Å²) in [5, 5.41) is 8.99. The zero-order valence-corrected chi connectivity index (χ0v) is 14.3. The number of hydrogen-bond donors (Lipinski definition) is 2. The fourth-order valence-electron chi connectivity index (χ4n) is 2.00. The highest BCUT2D eigenvalue weighted by Crippen LogP contribution is 2.23. The Balaban J connectivity index is 2.95. The van der Waals surface area contributed by atoms with E-state index in [2.05, 4.69) is 4.72 Å². The van der Waals surface area contributed by atoms with Crippen LogP contribution < -0.4 is 9.46 Å². The molecule has 0 radical (unpaired) electrons. The fourth-order valence-corrected chi connectivity index (χ4v) is 3.34. The van der Waals surface area contributed by atoms with E-state index in [-0.39, 0.29) is 24.2 Å². The summed E-state index contributed by atoms with van der Waals surface area (Å²) in [6.07, 6.45) is 0.315. The zero-order valence-electron chi connectivity index (χ0n) is 13.5. The number of ether oxygens (including phenoxy) is 2. The molecule has 0 fully saturated rings. The maximum atomic E-state index is 12.4. The molecule has 0 heterocycles. The van der Waals surface area contributed by atoms with Gasteiger partial charge in [0.15, 0.2) is 0 Å². The van der Waals surface area contributed by atoms with Gasteiger partial charge in [0, 0.05) is 19.8 Å². The highest BCUT2D eigenvalue weighted by molar-refractivity contribution is 7.89. The van der Waals surface area contributed by atoms with Crippen LogP contribution in [0.5, 0.6) is 5.75 Å². The molecule has 22 heavy (non-hydrogen) atoms. The molecule has 1 aromatic carbocycles. The molecule has 0 amide bonds. The van der Waals surface area contributed by atoms with Gasteiger partial charge in [-0.3, -0.25) is 0 Å². The number of rotatable bonds is 9. The monoisotopic (exact) mass is 331 g/mol. The third-order valence-corrected chi connectivity index (χ3v) is 4.50. The molecule has 2 N–H and O–H groups in total. The lowest BCUT2D eigenvalue weighted by Gasteiger charge is -2.18. The molecule has 1 aromatic rings. The molecule has 1 atom stereocenters. The van der Waals surface area contributed by atoms with Crippen molar-refractivity contribution in [1.82, 2.24) is 4.72 Å². The summed E-state index contributed by atoms with van der Waals surface area (Å²) < 4.78 is 37.9. The SMILES string of the molecule is COCC(CCO)NS(=O)(=O)c1ccc(OC(C)C)c(C)c1. The fraction of sp³-hybridized carbons (Fsp3) is 0.600. The largest absolute Gasteiger partial charge is 0.491 e. The molecule has 0 saturated carbocycles. The lowest BCUT2D eigenvalue weighted by molar-refractivity contribution is 0.158. The van der Waals surface area contributed by atoms with Gasteiger partial charge in [0.05, 0.1) is 17.6 Å². The smallest absolute Gasteiger partial charge is 0.240 e. The quantitative estimate of drug-likeness (QED) is 0.715. The van der Waals surface area contributed by atoms with Gasteiger partial charge in [-0.1, -0.05) is 0 Å². The number of sulfonamides is 1. The van der Waals surface area contributed by atoms with Gasteiger partial charge in [0.2, 0.25) is 10.0 Å². The van der Waals surface area contributed by atoms with Gasteiger partial charge in [-0.05, 0) is 51.0 Å². The lowest BCUT2D eigenvalue weighted by Crippen LogP contribution is -2.38. The number of aryl methyl sites for hydroxylation is 1. The van der Waals surface area contributed by atoms with Gasteiger partial charge >= 0.3 is 0 Å². The second kappa shape index (κ2) is 8.47. The molecule has 0 aliphatic heterocycles. The first kappa shape index (κ1) is 18.9. The van der Waals surface area contributed by atoms with Crippen LogP contribution in [0, 0.1) is 6.92 Å². The zero-order chi connectivity index (χ0) is 16.8. The summed E-state index contributed by atoms with van der Waals surface area (Å²) >= 11 is 0. The van der Waals surface area contributed by atoms with Gasteiger partial charge in [-0.2, -0.15) is 0 Å². The van der Waals surface area contributed by atoms with Crippen molar-refractivity contribution in [3.8, 4) is 5.75 Å². The third kappa shape index (κ3) is 5.57. The Kier molecular flexibility index (Phi) is 7.28. The summed E-state index contributed by atoms with van der Waals surface area (Å²) in [5.74, 6) is 0.665. The Hall–Kier alpha value is -1.15. The highest BCUT2D eigenvalue weighted by Gasteiger charge is 2.20. The van der Waals surface area contributed by atoms with Gasteiger partial charge < -0.3 is 14.6 Å². The Bertz CT molecular complexity index is 565. The van der Waals surface area contributed by atoms with Gasteiger partial charge in [0.25, 0.3) is 0 Å². The summed E-state index contributed by atoms with van der Waals surface area (Å²) in [5.41, 5.74) is 0.752. The van der Waals surface area contributed by atoms with E-state index in [4.69, 9.17) is 14.6 Å². The van der Waals surface area contributed by atoms with Gasteiger partial charge in [-0.25, -0.2) is 13.1 Å². The predicted molar refractivity (Wildman–Crippen MR) is 84.6 cm³/mol. The summed E-state index contributed by atoms with van der Waals surface area (Å²) in [7, 11) is -2.18. The number of hydrogen-bond acceptors (Lipinski definition) is 5. The molecule has 0 bridgehead atoms. The normalized spacial score (nSPS) is 13.4. The Labute approximate surface area is 132 Å². The van der Waals surface area contributed by atoms with Crippen molar-refractivity contribution >= 4 is 10.0 Å². The van der Waals surface area contributed by atoms with Crippen LogP contribution in [0.2, 0.25) is 0 Å². The summed E-state index contributed by atoms with van der Waals surface area (Å²) in [6, 6.07) is 4.27. The second-order valence-corrected chi connectivity index (χ2v) is 7.09. The van der Waals surface area contributed by atoms with Crippen LogP contribution in [0.4, 0.5) is 0 Å². The Morgan fingerprint density at radius 2 is 2.00 bits per heavy atom. The van der Waals surface area contributed by atoms with Crippen molar-refractivity contribution in [3.63, 3.8) is 0 Å². The van der Waals surface area contributed by atoms with E-state index in [1.54, 1.807) is 19.1 Å². The first-order valence-corrected chi connectivity index (χ1v) is 8.68. The number of methoxy groups -OCH3 is 1. The van der Waals surface area contributed by atoms with E-state index in [9.17, 15) is 8.42 Å². The van der Waals surface area contributed by atoms with E-state index in [1.165, 1.54) is 13.2 Å². The van der Waals surface area contributed by atoms with Gasteiger partial charge in [0.1, 0.15) is 5.75 Å². The van der Waals surface area contributed by atoms with Crippen molar-refractivity contribution in [2.75, 3.05) is 20.3 Å². The molecule has 1 rings (SSSR count). The Morgan fingerprint density at radius 3 is 2.50 bits per heavy atom. The lowest BCUT2D eigenvalue weighted by atomic mass is 10.2. The minimum atomic E-state index is -3.67. The number of benzene rings is 1. The van der Waals surface area contributed by atoms with Crippen LogP contribution in [-0.4, -0.2) is 46.0 Å². The maximum Gasteiger partial charge on any atom is 0.240 e. The van der Waals surface area contributed by atoms with Crippen LogP contribution in [0.1, 0.15) is 25.8 Å². The average Bonchev–Trinajstić information content (AvgIpc) is 2.40. The average molecular weight is 331 g/mol. The highest BCUT2D eigenvalue weighted by atomic mass is 32.2. The van der Waals surface area contributed by atoms with E-state index < -0.39 is 16.1 Å². The van der Waals surface area contributed by atoms with E-state index in [0.717, 1.165) is 5.56 Å².